The number of likely N-dealkylation sites (tertiary alicyclic amines) is 1. The zero-order valence-electron chi connectivity index (χ0n) is 17.2. The zero-order chi connectivity index (χ0) is 20.9. The fourth-order valence-electron chi connectivity index (χ4n) is 4.86. The zero-order valence-corrected chi connectivity index (χ0v) is 17.2. The van der Waals surface area contributed by atoms with Gasteiger partial charge in [-0.3, -0.25) is 19.3 Å². The molecule has 28 heavy (non-hydrogen) atoms. The highest BCUT2D eigenvalue weighted by Gasteiger charge is 2.54. The minimum atomic E-state index is -0.924. The van der Waals surface area contributed by atoms with E-state index in [1.165, 1.54) is 4.90 Å². The van der Waals surface area contributed by atoms with Gasteiger partial charge in [0.15, 0.2) is 0 Å². The topological polar surface area (TPSA) is 107 Å². The molecule has 2 saturated heterocycles. The van der Waals surface area contributed by atoms with Crippen molar-refractivity contribution in [3.8, 4) is 0 Å². The Hall–Kier alpha value is -2.12. The Morgan fingerprint density at radius 3 is 2.29 bits per heavy atom. The molecule has 3 rings (SSSR count). The second kappa shape index (κ2) is 7.04. The van der Waals surface area contributed by atoms with E-state index in [0.29, 0.717) is 25.3 Å². The van der Waals surface area contributed by atoms with Crippen molar-refractivity contribution in [2.75, 3.05) is 19.6 Å². The van der Waals surface area contributed by atoms with Crippen molar-refractivity contribution in [2.24, 2.45) is 23.2 Å². The summed E-state index contributed by atoms with van der Waals surface area (Å²) < 4.78 is 0. The molecule has 2 aliphatic heterocycles. The first kappa shape index (κ1) is 20.6. The number of carbonyl (C=O) groups excluding carboxylic acids is 3. The molecule has 8 heteroatoms. The minimum Gasteiger partial charge on any atom is -0.481 e. The monoisotopic (exact) mass is 393 g/mol. The van der Waals surface area contributed by atoms with Gasteiger partial charge in [0.25, 0.3) is 5.91 Å². The molecule has 1 saturated carbocycles. The number of nitrogens with one attached hydrogen (secondary N) is 1. The smallest absolute Gasteiger partial charge is 0.325 e. The predicted molar refractivity (Wildman–Crippen MR) is 101 cm³/mol. The highest BCUT2D eigenvalue weighted by atomic mass is 16.4. The van der Waals surface area contributed by atoms with Gasteiger partial charge in [-0.05, 0) is 42.9 Å². The van der Waals surface area contributed by atoms with E-state index in [1.807, 2.05) is 0 Å². The quantitative estimate of drug-likeness (QED) is 0.710. The maximum atomic E-state index is 13.0. The molecule has 3 fully saturated rings. The third-order valence-electron chi connectivity index (χ3n) is 6.89. The lowest BCUT2D eigenvalue weighted by Crippen LogP contribution is -2.51. The SMILES string of the molecule is C[C@@H]1CN(C(=O)CN2C(=O)NC3(CCC(C(C)(C)C)CC3)C2=O)C[C@H]1C(=O)O. The Bertz CT molecular complexity index is 690. The van der Waals surface area contributed by atoms with E-state index in [0.717, 1.165) is 17.7 Å². The second-order valence-corrected chi connectivity index (χ2v) is 9.76. The molecule has 156 valence electrons. The van der Waals surface area contributed by atoms with Crippen LogP contribution < -0.4 is 5.32 Å². The lowest BCUT2D eigenvalue weighted by Gasteiger charge is -2.40. The van der Waals surface area contributed by atoms with Crippen LogP contribution in [0.15, 0.2) is 0 Å². The first-order chi connectivity index (χ1) is 12.9. The molecule has 0 unspecified atom stereocenters. The molecule has 4 amide bonds. The molecule has 3 aliphatic rings. The first-order valence-electron chi connectivity index (χ1n) is 10.1. The summed E-state index contributed by atoms with van der Waals surface area (Å²) in [5, 5.41) is 12.1. The number of hydrogen-bond donors (Lipinski definition) is 2. The maximum absolute atomic E-state index is 13.0. The van der Waals surface area contributed by atoms with E-state index < -0.39 is 23.5 Å². The number of carboxylic acids is 1. The molecule has 0 bridgehead atoms. The van der Waals surface area contributed by atoms with Gasteiger partial charge in [-0.25, -0.2) is 4.79 Å². The van der Waals surface area contributed by atoms with Crippen LogP contribution in [0.4, 0.5) is 4.79 Å². The van der Waals surface area contributed by atoms with Crippen molar-refractivity contribution in [1.82, 2.24) is 15.1 Å². The Labute approximate surface area is 165 Å². The van der Waals surface area contributed by atoms with Gasteiger partial charge in [-0.2, -0.15) is 0 Å². The number of hydrogen-bond acceptors (Lipinski definition) is 4. The summed E-state index contributed by atoms with van der Waals surface area (Å²) in [5.74, 6) is -1.88. The van der Waals surface area contributed by atoms with Crippen molar-refractivity contribution in [1.29, 1.82) is 0 Å². The average molecular weight is 393 g/mol. The van der Waals surface area contributed by atoms with Crippen LogP contribution >= 0.6 is 0 Å². The fourth-order valence-corrected chi connectivity index (χ4v) is 4.86. The number of carboxylic acid groups (broad SMARTS) is 1. The van der Waals surface area contributed by atoms with Crippen LogP contribution in [0.5, 0.6) is 0 Å². The number of rotatable bonds is 3. The van der Waals surface area contributed by atoms with Crippen LogP contribution in [0.3, 0.4) is 0 Å². The number of amides is 4. The third-order valence-corrected chi connectivity index (χ3v) is 6.89. The van der Waals surface area contributed by atoms with Crippen LogP contribution in [0.2, 0.25) is 0 Å². The van der Waals surface area contributed by atoms with E-state index in [2.05, 4.69) is 26.1 Å². The number of aliphatic carboxylic acids is 1. The van der Waals surface area contributed by atoms with Crippen LogP contribution in [-0.2, 0) is 14.4 Å². The van der Waals surface area contributed by atoms with Gasteiger partial charge in [0, 0.05) is 13.1 Å². The Morgan fingerprint density at radius 1 is 1.18 bits per heavy atom. The van der Waals surface area contributed by atoms with E-state index >= 15 is 0 Å². The number of carbonyl (C=O) groups is 4. The summed E-state index contributed by atoms with van der Waals surface area (Å²) in [4.78, 5) is 51.8. The molecule has 0 radical (unpaired) electrons. The van der Waals surface area contributed by atoms with Crippen molar-refractivity contribution in [3.63, 3.8) is 0 Å². The summed E-state index contributed by atoms with van der Waals surface area (Å²) in [6, 6.07) is -0.519. The van der Waals surface area contributed by atoms with Gasteiger partial charge in [-0.15, -0.1) is 0 Å². The highest BCUT2D eigenvalue weighted by molar-refractivity contribution is 6.09. The molecular formula is C20H31N3O5. The van der Waals surface area contributed by atoms with Gasteiger partial charge >= 0.3 is 12.0 Å². The Kier molecular flexibility index (Phi) is 5.18. The lowest BCUT2D eigenvalue weighted by atomic mass is 9.67. The summed E-state index contributed by atoms with van der Waals surface area (Å²) in [6.45, 7) is 8.50. The van der Waals surface area contributed by atoms with Gasteiger partial charge in [-0.1, -0.05) is 27.7 Å². The fraction of sp³-hybridized carbons (Fsp3) is 0.800. The van der Waals surface area contributed by atoms with E-state index in [1.54, 1.807) is 6.92 Å². The third kappa shape index (κ3) is 3.61. The molecular weight excluding hydrogens is 362 g/mol. The molecule has 2 heterocycles. The van der Waals surface area contributed by atoms with Gasteiger partial charge in [0.2, 0.25) is 5.91 Å². The normalized spacial score (nSPS) is 33.5. The number of imide groups is 1. The van der Waals surface area contributed by atoms with Gasteiger partial charge < -0.3 is 15.3 Å². The minimum absolute atomic E-state index is 0.122. The number of urea groups is 1. The largest absolute Gasteiger partial charge is 0.481 e. The van der Waals surface area contributed by atoms with Crippen LogP contribution in [-0.4, -0.2) is 63.9 Å². The molecule has 2 atom stereocenters. The second-order valence-electron chi connectivity index (χ2n) is 9.76. The van der Waals surface area contributed by atoms with Crippen molar-refractivity contribution in [3.05, 3.63) is 0 Å². The van der Waals surface area contributed by atoms with Crippen LogP contribution in [0.1, 0.15) is 53.4 Å². The predicted octanol–water partition coefficient (Wildman–Crippen LogP) is 1.69. The highest BCUT2D eigenvalue weighted by Crippen LogP contribution is 2.43. The lowest BCUT2D eigenvalue weighted by molar-refractivity contribution is -0.143. The molecule has 1 aliphatic carbocycles. The summed E-state index contributed by atoms with van der Waals surface area (Å²) >= 11 is 0. The summed E-state index contributed by atoms with van der Waals surface area (Å²) in [5.41, 5.74) is -0.725. The molecule has 0 aromatic heterocycles. The van der Waals surface area contributed by atoms with Crippen molar-refractivity contribution < 1.29 is 24.3 Å². The summed E-state index contributed by atoms with van der Waals surface area (Å²) in [7, 11) is 0. The van der Waals surface area contributed by atoms with Crippen LogP contribution in [0, 0.1) is 23.2 Å². The van der Waals surface area contributed by atoms with Gasteiger partial charge in [0.1, 0.15) is 12.1 Å². The molecule has 0 aromatic carbocycles. The van der Waals surface area contributed by atoms with E-state index in [4.69, 9.17) is 0 Å². The molecule has 2 N–H and O–H groups in total. The molecule has 8 nitrogen and oxygen atoms in total. The van der Waals surface area contributed by atoms with Crippen molar-refractivity contribution in [2.45, 2.75) is 58.9 Å². The molecule has 0 aromatic rings. The first-order valence-corrected chi connectivity index (χ1v) is 10.1. The number of nitrogens with zero attached hydrogens (tertiary/aromatic N) is 2. The average Bonchev–Trinajstić information content (AvgIpc) is 3.09. The van der Waals surface area contributed by atoms with E-state index in [-0.39, 0.29) is 36.2 Å². The van der Waals surface area contributed by atoms with E-state index in [9.17, 15) is 24.3 Å². The maximum Gasteiger partial charge on any atom is 0.325 e. The van der Waals surface area contributed by atoms with Crippen LogP contribution in [0.25, 0.3) is 0 Å². The summed E-state index contributed by atoms with van der Waals surface area (Å²) in [6.07, 6.45) is 2.90. The van der Waals surface area contributed by atoms with Gasteiger partial charge in [0.05, 0.1) is 5.92 Å². The standard InChI is InChI=1S/C20H31N3O5/c1-12-9-22(10-14(12)16(25)26)15(24)11-23-17(27)20(21-18(23)28)7-5-13(6-8-20)19(2,3)4/h12-14H,5-11H2,1-4H3,(H,21,28)(H,25,26)/t12-,13?,14-,20?/m1/s1. The molecule has 1 spiro atoms. The Morgan fingerprint density at radius 2 is 1.79 bits per heavy atom. The Balaban J connectivity index is 1.63. The van der Waals surface area contributed by atoms with Crippen molar-refractivity contribution >= 4 is 23.8 Å².